The number of hydrogen-bond donors (Lipinski definition) is 1. The van der Waals surface area contributed by atoms with Gasteiger partial charge in [-0.1, -0.05) is 6.08 Å². The molecule has 2 nitrogen and oxygen atoms in total. The molecule has 0 atom stereocenters. The topological polar surface area (TPSA) is 26.3 Å². The molecule has 3 heteroatoms. The van der Waals surface area contributed by atoms with Gasteiger partial charge < -0.3 is 4.18 Å². The molecular formula is C4H6O2S. The second-order valence-corrected chi connectivity index (χ2v) is 1.09. The molecular weight excluding hydrogens is 112 g/mol. The summed E-state index contributed by atoms with van der Waals surface area (Å²) >= 11 is 3.25. The molecule has 0 saturated carbocycles. The first-order valence-electron chi connectivity index (χ1n) is 1.79. The molecule has 0 spiro atoms. The standard InChI is InChI=1S/C4H6O2S/c1-2-3-4(5)6-7/h2-3,7H,1H3/b3-2-. The Hall–Kier alpha value is -0.440. The largest absolute Gasteiger partial charge is 0.391 e. The van der Waals surface area contributed by atoms with E-state index in [9.17, 15) is 4.79 Å². The van der Waals surface area contributed by atoms with Crippen LogP contribution in [0, 0.1) is 0 Å². The Labute approximate surface area is 47.8 Å². The molecule has 0 bridgehead atoms. The Morgan fingerprint density at radius 2 is 2.43 bits per heavy atom. The predicted molar refractivity (Wildman–Crippen MR) is 29.9 cm³/mol. The third kappa shape index (κ3) is 3.39. The lowest BCUT2D eigenvalue weighted by molar-refractivity contribution is -0.127. The van der Waals surface area contributed by atoms with E-state index in [2.05, 4.69) is 17.1 Å². The number of thiol groups is 1. The van der Waals surface area contributed by atoms with Crippen molar-refractivity contribution in [2.45, 2.75) is 6.92 Å². The van der Waals surface area contributed by atoms with Gasteiger partial charge in [-0.15, -0.1) is 0 Å². The van der Waals surface area contributed by atoms with Crippen LogP contribution in [-0.2, 0) is 8.98 Å². The van der Waals surface area contributed by atoms with Gasteiger partial charge in [-0.2, -0.15) is 0 Å². The Kier molecular flexibility index (Phi) is 3.50. The highest BCUT2D eigenvalue weighted by atomic mass is 32.1. The maximum absolute atomic E-state index is 10.0. The molecule has 0 rings (SSSR count). The van der Waals surface area contributed by atoms with Gasteiger partial charge in [0, 0.05) is 19.0 Å². The number of allylic oxidation sites excluding steroid dienone is 1. The Bertz CT molecular complexity index is 87.7. The molecule has 0 heterocycles. The quantitative estimate of drug-likeness (QED) is 0.315. The molecule has 7 heavy (non-hydrogen) atoms. The minimum absolute atomic E-state index is 0.439. The summed E-state index contributed by atoms with van der Waals surface area (Å²) in [7, 11) is 0. The summed E-state index contributed by atoms with van der Waals surface area (Å²) < 4.78 is 3.96. The average molecular weight is 118 g/mol. The van der Waals surface area contributed by atoms with Gasteiger partial charge in [0.1, 0.15) is 0 Å². The fourth-order valence-corrected chi connectivity index (χ4v) is 0.227. The van der Waals surface area contributed by atoms with Crippen molar-refractivity contribution in [1.29, 1.82) is 0 Å². The van der Waals surface area contributed by atoms with Crippen LogP contribution in [0.4, 0.5) is 0 Å². The van der Waals surface area contributed by atoms with Crippen molar-refractivity contribution >= 4 is 18.9 Å². The van der Waals surface area contributed by atoms with Crippen LogP contribution in [0.1, 0.15) is 6.92 Å². The van der Waals surface area contributed by atoms with E-state index in [1.165, 1.54) is 6.08 Å². The van der Waals surface area contributed by atoms with Gasteiger partial charge in [0.2, 0.25) is 0 Å². The lowest BCUT2D eigenvalue weighted by Crippen LogP contribution is -1.87. The zero-order chi connectivity index (χ0) is 5.70. The fraction of sp³-hybridized carbons (Fsp3) is 0.250. The first kappa shape index (κ1) is 6.56. The van der Waals surface area contributed by atoms with E-state index in [1.807, 2.05) is 0 Å². The molecule has 0 N–H and O–H groups in total. The number of carbonyl (C=O) groups excluding carboxylic acids is 1. The van der Waals surface area contributed by atoms with E-state index in [4.69, 9.17) is 0 Å². The predicted octanol–water partition coefficient (Wildman–Crippen LogP) is 0.951. The maximum atomic E-state index is 10.0. The molecule has 0 saturated heterocycles. The van der Waals surface area contributed by atoms with Gasteiger partial charge in [0.15, 0.2) is 0 Å². The molecule has 0 unspecified atom stereocenters. The van der Waals surface area contributed by atoms with Gasteiger partial charge in [-0.05, 0) is 6.92 Å². The molecule has 40 valence electrons. The average Bonchev–Trinajstić information content (AvgIpc) is 1.68. The summed E-state index contributed by atoms with van der Waals surface area (Å²) in [6.07, 6.45) is 2.87. The Morgan fingerprint density at radius 1 is 1.86 bits per heavy atom. The summed E-state index contributed by atoms with van der Waals surface area (Å²) in [6, 6.07) is 0. The molecule has 0 aromatic heterocycles. The summed E-state index contributed by atoms with van der Waals surface area (Å²) in [5.41, 5.74) is 0. The van der Waals surface area contributed by atoms with Crippen molar-refractivity contribution in [2.24, 2.45) is 0 Å². The van der Waals surface area contributed by atoms with Crippen molar-refractivity contribution < 1.29 is 8.98 Å². The van der Waals surface area contributed by atoms with Crippen LogP contribution in [0.5, 0.6) is 0 Å². The summed E-state index contributed by atoms with van der Waals surface area (Å²) in [6.45, 7) is 1.73. The van der Waals surface area contributed by atoms with Crippen LogP contribution < -0.4 is 0 Å². The number of rotatable bonds is 1. The molecule has 0 aliphatic rings. The van der Waals surface area contributed by atoms with Crippen LogP contribution in [0.15, 0.2) is 12.2 Å². The van der Waals surface area contributed by atoms with Gasteiger partial charge >= 0.3 is 5.97 Å². The van der Waals surface area contributed by atoms with Crippen LogP contribution in [0.2, 0.25) is 0 Å². The van der Waals surface area contributed by atoms with Crippen LogP contribution in [0.25, 0.3) is 0 Å². The van der Waals surface area contributed by atoms with Crippen molar-refractivity contribution in [3.05, 3.63) is 12.2 Å². The highest BCUT2D eigenvalue weighted by Gasteiger charge is 1.85. The van der Waals surface area contributed by atoms with Crippen molar-refractivity contribution in [1.82, 2.24) is 0 Å². The van der Waals surface area contributed by atoms with Gasteiger partial charge in [0.05, 0.1) is 0 Å². The third-order valence-electron chi connectivity index (χ3n) is 0.393. The zero-order valence-corrected chi connectivity index (χ0v) is 4.81. The summed E-state index contributed by atoms with van der Waals surface area (Å²) in [5.74, 6) is -0.439. The van der Waals surface area contributed by atoms with E-state index in [0.29, 0.717) is 0 Å². The van der Waals surface area contributed by atoms with E-state index >= 15 is 0 Å². The summed E-state index contributed by atoms with van der Waals surface area (Å²) in [5, 5.41) is 0. The maximum Gasteiger partial charge on any atom is 0.342 e. The Morgan fingerprint density at radius 3 is 2.57 bits per heavy atom. The highest BCUT2D eigenvalue weighted by molar-refractivity contribution is 7.75. The first-order chi connectivity index (χ1) is 3.31. The van der Waals surface area contributed by atoms with Crippen molar-refractivity contribution in [3.63, 3.8) is 0 Å². The summed E-state index contributed by atoms with van der Waals surface area (Å²) in [4.78, 5) is 10.0. The Balaban J connectivity index is 3.37. The normalized spacial score (nSPS) is 9.43. The van der Waals surface area contributed by atoms with E-state index in [1.54, 1.807) is 13.0 Å². The second-order valence-electron chi connectivity index (χ2n) is 0.910. The highest BCUT2D eigenvalue weighted by Crippen LogP contribution is 1.81. The van der Waals surface area contributed by atoms with Gasteiger partial charge in [-0.3, -0.25) is 0 Å². The molecule has 0 aromatic rings. The van der Waals surface area contributed by atoms with Gasteiger partial charge in [-0.25, -0.2) is 4.79 Å². The van der Waals surface area contributed by atoms with E-state index in [0.717, 1.165) is 0 Å². The first-order valence-corrected chi connectivity index (χ1v) is 2.16. The minimum atomic E-state index is -0.439. The smallest absolute Gasteiger partial charge is 0.342 e. The van der Waals surface area contributed by atoms with E-state index < -0.39 is 5.97 Å². The van der Waals surface area contributed by atoms with Crippen molar-refractivity contribution in [2.75, 3.05) is 0 Å². The second kappa shape index (κ2) is 3.74. The van der Waals surface area contributed by atoms with Crippen molar-refractivity contribution in [3.8, 4) is 0 Å². The lowest BCUT2D eigenvalue weighted by atomic mass is 10.5. The molecule has 0 aliphatic heterocycles. The van der Waals surface area contributed by atoms with Crippen LogP contribution in [0.3, 0.4) is 0 Å². The lowest BCUT2D eigenvalue weighted by Gasteiger charge is -1.81. The monoisotopic (exact) mass is 118 g/mol. The van der Waals surface area contributed by atoms with E-state index in [-0.39, 0.29) is 0 Å². The SMILES string of the molecule is C/C=C\C(=O)OS. The molecule has 0 amide bonds. The van der Waals surface area contributed by atoms with Crippen LogP contribution >= 0.6 is 12.9 Å². The third-order valence-corrected chi connectivity index (χ3v) is 0.573. The molecule has 0 fully saturated rings. The number of hydrogen-bond acceptors (Lipinski definition) is 3. The van der Waals surface area contributed by atoms with Gasteiger partial charge in [0.25, 0.3) is 0 Å². The minimum Gasteiger partial charge on any atom is -0.391 e. The number of carbonyl (C=O) groups is 1. The fourth-order valence-electron chi connectivity index (χ4n) is 0.167. The van der Waals surface area contributed by atoms with Crippen LogP contribution in [-0.4, -0.2) is 5.97 Å². The molecule has 0 radical (unpaired) electrons. The molecule has 0 aliphatic carbocycles. The molecule has 0 aromatic carbocycles. The zero-order valence-electron chi connectivity index (χ0n) is 3.92.